The third kappa shape index (κ3) is 6.09. The zero-order valence-electron chi connectivity index (χ0n) is 10.6. The predicted octanol–water partition coefficient (Wildman–Crippen LogP) is 2.33. The van der Waals surface area contributed by atoms with E-state index in [0.717, 1.165) is 31.9 Å². The molecule has 1 aromatic carbocycles. The van der Waals surface area contributed by atoms with Crippen LogP contribution in [0.5, 0.6) is 5.75 Å². The van der Waals surface area contributed by atoms with E-state index in [-0.39, 0.29) is 0 Å². The van der Waals surface area contributed by atoms with Crippen LogP contribution >= 0.6 is 0 Å². The van der Waals surface area contributed by atoms with Crippen LogP contribution in [-0.4, -0.2) is 33.9 Å². The van der Waals surface area contributed by atoms with Crippen LogP contribution in [0.3, 0.4) is 0 Å². The van der Waals surface area contributed by atoms with Crippen molar-refractivity contribution in [1.29, 1.82) is 0 Å². The molecular formula is C14H21NO2. The molecule has 1 rings (SSSR count). The van der Waals surface area contributed by atoms with E-state index in [1.807, 2.05) is 18.2 Å². The second-order valence-corrected chi connectivity index (χ2v) is 3.71. The predicted molar refractivity (Wildman–Crippen MR) is 71.4 cm³/mol. The molecule has 0 spiro atoms. The van der Waals surface area contributed by atoms with Crippen LogP contribution in [0.25, 0.3) is 6.08 Å². The summed E-state index contributed by atoms with van der Waals surface area (Å²) in [6, 6.07) is 8.03. The van der Waals surface area contributed by atoms with Crippen LogP contribution in [0.2, 0.25) is 0 Å². The highest BCUT2D eigenvalue weighted by Crippen LogP contribution is 2.13. The summed E-state index contributed by atoms with van der Waals surface area (Å²) in [5.41, 5.74) is 1.17. The van der Waals surface area contributed by atoms with E-state index in [0.29, 0.717) is 0 Å². The summed E-state index contributed by atoms with van der Waals surface area (Å²) in [5.74, 6) is 0.894. The van der Waals surface area contributed by atoms with Gasteiger partial charge in [0.2, 0.25) is 0 Å². The van der Waals surface area contributed by atoms with Crippen LogP contribution in [0.15, 0.2) is 30.3 Å². The first-order valence-corrected chi connectivity index (χ1v) is 5.87. The largest absolute Gasteiger partial charge is 0.497 e. The van der Waals surface area contributed by atoms with Gasteiger partial charge in [-0.3, -0.25) is 0 Å². The number of hydrogen-bond acceptors (Lipinski definition) is 3. The Labute approximate surface area is 103 Å². The van der Waals surface area contributed by atoms with E-state index in [2.05, 4.69) is 23.5 Å². The SMILES string of the molecule is COCCNCCC=Cc1cccc(OC)c1. The fourth-order valence-corrected chi connectivity index (χ4v) is 1.45. The van der Waals surface area contributed by atoms with Crippen LogP contribution in [0.1, 0.15) is 12.0 Å². The molecule has 1 N–H and O–H groups in total. The van der Waals surface area contributed by atoms with Gasteiger partial charge in [0.05, 0.1) is 13.7 Å². The second kappa shape index (κ2) is 8.79. The van der Waals surface area contributed by atoms with Gasteiger partial charge < -0.3 is 14.8 Å². The minimum atomic E-state index is 0.763. The third-order valence-electron chi connectivity index (χ3n) is 2.37. The third-order valence-corrected chi connectivity index (χ3v) is 2.37. The Balaban J connectivity index is 2.23. The lowest BCUT2D eigenvalue weighted by Gasteiger charge is -2.01. The maximum atomic E-state index is 5.17. The van der Waals surface area contributed by atoms with Gasteiger partial charge in [-0.05, 0) is 30.7 Å². The summed E-state index contributed by atoms with van der Waals surface area (Å²) in [4.78, 5) is 0. The summed E-state index contributed by atoms with van der Waals surface area (Å²) < 4.78 is 10.1. The van der Waals surface area contributed by atoms with E-state index >= 15 is 0 Å². The molecule has 1 aromatic rings. The molecule has 0 atom stereocenters. The maximum Gasteiger partial charge on any atom is 0.119 e. The fourth-order valence-electron chi connectivity index (χ4n) is 1.45. The van der Waals surface area contributed by atoms with Gasteiger partial charge in [0.1, 0.15) is 5.75 Å². The summed E-state index contributed by atoms with van der Waals surface area (Å²) in [6.45, 7) is 2.65. The van der Waals surface area contributed by atoms with E-state index in [1.165, 1.54) is 5.56 Å². The molecule has 0 saturated carbocycles. The number of nitrogens with one attached hydrogen (secondary N) is 1. The number of ether oxygens (including phenoxy) is 2. The van der Waals surface area contributed by atoms with Gasteiger partial charge >= 0.3 is 0 Å². The van der Waals surface area contributed by atoms with Crippen molar-refractivity contribution in [2.75, 3.05) is 33.9 Å². The topological polar surface area (TPSA) is 30.5 Å². The van der Waals surface area contributed by atoms with Crippen LogP contribution in [-0.2, 0) is 4.74 Å². The molecule has 0 amide bonds. The summed E-state index contributed by atoms with van der Waals surface area (Å²) in [5, 5.41) is 3.29. The zero-order valence-corrected chi connectivity index (χ0v) is 10.6. The van der Waals surface area contributed by atoms with Gasteiger partial charge in [-0.15, -0.1) is 0 Å². The summed E-state index contributed by atoms with van der Waals surface area (Å²) in [6.07, 6.45) is 5.29. The van der Waals surface area contributed by atoms with Crippen molar-refractivity contribution in [2.45, 2.75) is 6.42 Å². The number of hydrogen-bond donors (Lipinski definition) is 1. The molecule has 0 unspecified atom stereocenters. The Bertz CT molecular complexity index is 337. The van der Waals surface area contributed by atoms with E-state index in [1.54, 1.807) is 14.2 Å². The Morgan fingerprint density at radius 3 is 2.88 bits per heavy atom. The van der Waals surface area contributed by atoms with E-state index < -0.39 is 0 Å². The van der Waals surface area contributed by atoms with Gasteiger partial charge in [-0.2, -0.15) is 0 Å². The van der Waals surface area contributed by atoms with Crippen molar-refractivity contribution in [3.8, 4) is 5.75 Å². The molecule has 0 fully saturated rings. The molecule has 0 heterocycles. The molecule has 94 valence electrons. The zero-order chi connectivity index (χ0) is 12.3. The van der Waals surface area contributed by atoms with Crippen LogP contribution < -0.4 is 10.1 Å². The Kier molecular flexibility index (Phi) is 7.11. The molecule has 0 aliphatic heterocycles. The van der Waals surface area contributed by atoms with Crippen LogP contribution in [0.4, 0.5) is 0 Å². The quantitative estimate of drug-likeness (QED) is 0.702. The Morgan fingerprint density at radius 1 is 1.24 bits per heavy atom. The first-order chi connectivity index (χ1) is 8.36. The molecule has 0 saturated heterocycles. The molecule has 17 heavy (non-hydrogen) atoms. The second-order valence-electron chi connectivity index (χ2n) is 3.71. The van der Waals surface area contributed by atoms with Crippen molar-refractivity contribution >= 4 is 6.08 Å². The highest BCUT2D eigenvalue weighted by atomic mass is 16.5. The standard InChI is InChI=1S/C14H21NO2/c1-16-11-10-15-9-4-3-6-13-7-5-8-14(12-13)17-2/h3,5-8,12,15H,4,9-11H2,1-2H3. The summed E-state index contributed by atoms with van der Waals surface area (Å²) in [7, 11) is 3.40. The number of benzene rings is 1. The van der Waals surface area contributed by atoms with E-state index in [9.17, 15) is 0 Å². The Morgan fingerprint density at radius 2 is 2.12 bits per heavy atom. The van der Waals surface area contributed by atoms with Gasteiger partial charge in [-0.1, -0.05) is 24.3 Å². The van der Waals surface area contributed by atoms with Crippen molar-refractivity contribution in [2.24, 2.45) is 0 Å². The van der Waals surface area contributed by atoms with Crippen molar-refractivity contribution < 1.29 is 9.47 Å². The van der Waals surface area contributed by atoms with Gasteiger partial charge in [0.15, 0.2) is 0 Å². The molecule has 3 nitrogen and oxygen atoms in total. The molecule has 0 aliphatic rings. The lowest BCUT2D eigenvalue weighted by Crippen LogP contribution is -2.19. The fraction of sp³-hybridized carbons (Fsp3) is 0.429. The van der Waals surface area contributed by atoms with Crippen molar-refractivity contribution in [3.05, 3.63) is 35.9 Å². The molecule has 0 aromatic heterocycles. The van der Waals surface area contributed by atoms with Gasteiger partial charge in [0, 0.05) is 13.7 Å². The van der Waals surface area contributed by atoms with Crippen molar-refractivity contribution in [3.63, 3.8) is 0 Å². The molecule has 0 radical (unpaired) electrons. The lowest BCUT2D eigenvalue weighted by molar-refractivity contribution is 0.199. The molecule has 3 heteroatoms. The minimum absolute atomic E-state index is 0.763. The molecular weight excluding hydrogens is 214 g/mol. The van der Waals surface area contributed by atoms with E-state index in [4.69, 9.17) is 9.47 Å². The normalized spacial score (nSPS) is 10.9. The number of methoxy groups -OCH3 is 2. The van der Waals surface area contributed by atoms with Crippen LogP contribution in [0, 0.1) is 0 Å². The smallest absolute Gasteiger partial charge is 0.119 e. The van der Waals surface area contributed by atoms with Gasteiger partial charge in [0.25, 0.3) is 0 Å². The number of rotatable bonds is 8. The average molecular weight is 235 g/mol. The summed E-state index contributed by atoms with van der Waals surface area (Å²) >= 11 is 0. The maximum absolute atomic E-state index is 5.17. The Hall–Kier alpha value is -1.32. The molecule has 0 aliphatic carbocycles. The minimum Gasteiger partial charge on any atom is -0.497 e. The van der Waals surface area contributed by atoms with Crippen molar-refractivity contribution in [1.82, 2.24) is 5.32 Å². The molecule has 0 bridgehead atoms. The first kappa shape index (κ1) is 13.7. The van der Waals surface area contributed by atoms with Gasteiger partial charge in [-0.25, -0.2) is 0 Å². The highest BCUT2D eigenvalue weighted by Gasteiger charge is 1.91. The first-order valence-electron chi connectivity index (χ1n) is 5.87. The average Bonchev–Trinajstić information content (AvgIpc) is 2.38. The monoisotopic (exact) mass is 235 g/mol. The lowest BCUT2D eigenvalue weighted by atomic mass is 10.2. The highest BCUT2D eigenvalue weighted by molar-refractivity contribution is 5.51.